The maximum Gasteiger partial charge on any atom is 0.283 e. The molecule has 1 aliphatic carbocycles. The van der Waals surface area contributed by atoms with E-state index in [9.17, 15) is 9.59 Å². The van der Waals surface area contributed by atoms with Crippen LogP contribution in [-0.4, -0.2) is 47.2 Å². The first-order valence-corrected chi connectivity index (χ1v) is 12.7. The van der Waals surface area contributed by atoms with Crippen molar-refractivity contribution in [2.24, 2.45) is 23.2 Å². The zero-order valence-electron chi connectivity index (χ0n) is 21.1. The number of rotatable bonds is 10. The molecule has 1 aliphatic rings. The number of ether oxygens (including phenoxy) is 2. The lowest BCUT2D eigenvalue weighted by Crippen LogP contribution is -2.50. The van der Waals surface area contributed by atoms with Crippen molar-refractivity contribution in [2.45, 2.75) is 53.2 Å². The third-order valence-corrected chi connectivity index (χ3v) is 8.35. The van der Waals surface area contributed by atoms with E-state index in [2.05, 4.69) is 64.3 Å². The number of nitrogens with one attached hydrogen (secondary N) is 2. The van der Waals surface area contributed by atoms with Crippen LogP contribution in [0.5, 0.6) is 0 Å². The summed E-state index contributed by atoms with van der Waals surface area (Å²) in [5, 5.41) is 10.6. The molecule has 2 N–H and O–H groups in total. The summed E-state index contributed by atoms with van der Waals surface area (Å²) in [6.07, 6.45) is 5.87. The lowest BCUT2D eigenvalue weighted by Gasteiger charge is -2.51. The normalized spacial score (nSPS) is 23.6. The van der Waals surface area contributed by atoms with Crippen molar-refractivity contribution in [3.8, 4) is 0 Å². The molecule has 0 radical (unpaired) electrons. The molecule has 2 heterocycles. The Morgan fingerprint density at radius 2 is 2.00 bits per heavy atom. The zero-order valence-corrected chi connectivity index (χ0v) is 22.7. The van der Waals surface area contributed by atoms with Crippen molar-refractivity contribution in [3.05, 3.63) is 51.1 Å². The van der Waals surface area contributed by atoms with Gasteiger partial charge in [0.1, 0.15) is 17.8 Å². The van der Waals surface area contributed by atoms with Crippen molar-refractivity contribution in [3.63, 3.8) is 0 Å². The molecule has 1 amide bonds. The Hall–Kier alpha value is -2.30. The zero-order chi connectivity index (χ0) is 25.6. The van der Waals surface area contributed by atoms with E-state index in [1.807, 2.05) is 12.1 Å². The van der Waals surface area contributed by atoms with Crippen molar-refractivity contribution in [1.82, 2.24) is 20.1 Å². The largest absolute Gasteiger partial charge is 0.380 e. The summed E-state index contributed by atoms with van der Waals surface area (Å²) in [6, 6.07) is 3.74. The molecule has 1 fully saturated rings. The average Bonchev–Trinajstić information content (AvgIpc) is 2.84. The predicted octanol–water partition coefficient (Wildman–Crippen LogP) is 3.44. The number of methoxy groups -OCH3 is 1. The van der Waals surface area contributed by atoms with Crippen LogP contribution in [-0.2, 0) is 27.4 Å². The number of amides is 1. The fourth-order valence-corrected chi connectivity index (χ4v) is 5.10. The second-order valence-corrected chi connectivity index (χ2v) is 10.7. The fraction of sp³-hybridized carbons (Fsp3) is 0.600. The van der Waals surface area contributed by atoms with Crippen LogP contribution in [0.1, 0.15) is 39.7 Å². The molecule has 0 aromatic carbocycles. The van der Waals surface area contributed by atoms with Gasteiger partial charge in [-0.15, -0.1) is 0 Å². The molecule has 192 valence electrons. The number of pyridine rings is 1. The summed E-state index contributed by atoms with van der Waals surface area (Å²) < 4.78 is 12.4. The SMILES string of the molecule is COCOC[C@@H]1[C@@H](C)C(C)(C)[C@@H](C)C[C@H]1Nc1cnn(CC(=O)NCc2ccncc2)c(=O)c1Br. The highest BCUT2D eigenvalue weighted by Gasteiger charge is 2.45. The summed E-state index contributed by atoms with van der Waals surface area (Å²) in [6.45, 7) is 10.1. The predicted molar refractivity (Wildman–Crippen MR) is 138 cm³/mol. The molecule has 0 aliphatic heterocycles. The van der Waals surface area contributed by atoms with Crippen LogP contribution in [0.3, 0.4) is 0 Å². The van der Waals surface area contributed by atoms with Crippen molar-refractivity contribution in [1.29, 1.82) is 0 Å². The number of carbonyl (C=O) groups excluding carboxylic acids is 1. The molecule has 0 bridgehead atoms. The molecule has 35 heavy (non-hydrogen) atoms. The van der Waals surface area contributed by atoms with Crippen LogP contribution in [0, 0.1) is 23.2 Å². The number of hydrogen-bond acceptors (Lipinski definition) is 7. The standard InChI is InChI=1S/C25H36BrN5O4/c1-16-10-20(19(14-35-15-34-5)17(2)25(16,3)4)30-21-12-29-31(24(33)23(21)26)13-22(32)28-11-18-6-8-27-9-7-18/h6-9,12,16-17,19-20,30H,10-11,13-15H2,1-5H3,(H,28,32)/t16-,17+,19+,20+/m0/s1. The van der Waals surface area contributed by atoms with E-state index in [1.54, 1.807) is 25.7 Å². The molecule has 3 rings (SSSR count). The van der Waals surface area contributed by atoms with Crippen LogP contribution in [0.15, 0.2) is 40.0 Å². The van der Waals surface area contributed by atoms with Crippen molar-refractivity contribution < 1.29 is 14.3 Å². The molecule has 10 heteroatoms. The van der Waals surface area contributed by atoms with Crippen molar-refractivity contribution >= 4 is 27.5 Å². The average molecular weight is 550 g/mol. The summed E-state index contributed by atoms with van der Waals surface area (Å²) >= 11 is 3.43. The van der Waals surface area contributed by atoms with Crippen LogP contribution in [0.4, 0.5) is 5.69 Å². The first-order valence-electron chi connectivity index (χ1n) is 11.9. The summed E-state index contributed by atoms with van der Waals surface area (Å²) in [4.78, 5) is 29.3. The minimum atomic E-state index is -0.363. The van der Waals surface area contributed by atoms with E-state index in [-0.39, 0.29) is 42.2 Å². The van der Waals surface area contributed by atoms with Crippen LogP contribution in [0.2, 0.25) is 0 Å². The highest BCUT2D eigenvalue weighted by atomic mass is 79.9. The van der Waals surface area contributed by atoms with Gasteiger partial charge in [-0.2, -0.15) is 5.10 Å². The van der Waals surface area contributed by atoms with Gasteiger partial charge in [-0.05, 0) is 57.3 Å². The number of anilines is 1. The highest BCUT2D eigenvalue weighted by Crippen LogP contribution is 2.48. The smallest absolute Gasteiger partial charge is 0.283 e. The molecule has 1 saturated carbocycles. The number of halogens is 1. The van der Waals surface area contributed by atoms with Gasteiger partial charge in [0.25, 0.3) is 5.56 Å². The van der Waals surface area contributed by atoms with Crippen LogP contribution in [0.25, 0.3) is 0 Å². The van der Waals surface area contributed by atoms with Gasteiger partial charge < -0.3 is 20.1 Å². The third-order valence-electron chi connectivity index (χ3n) is 7.58. The van der Waals surface area contributed by atoms with E-state index < -0.39 is 0 Å². The monoisotopic (exact) mass is 549 g/mol. The third kappa shape index (κ3) is 6.68. The Morgan fingerprint density at radius 3 is 2.69 bits per heavy atom. The Labute approximate surface area is 215 Å². The molecule has 0 unspecified atom stereocenters. The molecular weight excluding hydrogens is 514 g/mol. The number of carbonyl (C=O) groups is 1. The topological polar surface area (TPSA) is 107 Å². The van der Waals surface area contributed by atoms with Crippen LogP contribution >= 0.6 is 15.9 Å². The summed E-state index contributed by atoms with van der Waals surface area (Å²) in [7, 11) is 1.61. The molecule has 0 spiro atoms. The number of hydrogen-bond donors (Lipinski definition) is 2. The van der Waals surface area contributed by atoms with Gasteiger partial charge in [0.15, 0.2) is 0 Å². The minimum Gasteiger partial charge on any atom is -0.380 e. The van der Waals surface area contributed by atoms with E-state index in [0.29, 0.717) is 35.1 Å². The van der Waals surface area contributed by atoms with Gasteiger partial charge in [0.05, 0.1) is 18.5 Å². The molecular formula is C25H36BrN5O4. The van der Waals surface area contributed by atoms with Gasteiger partial charge in [-0.1, -0.05) is 27.7 Å². The fourth-order valence-electron chi connectivity index (χ4n) is 4.67. The Morgan fingerprint density at radius 1 is 1.29 bits per heavy atom. The van der Waals surface area contributed by atoms with Gasteiger partial charge in [0, 0.05) is 38.0 Å². The van der Waals surface area contributed by atoms with E-state index in [4.69, 9.17) is 9.47 Å². The summed E-state index contributed by atoms with van der Waals surface area (Å²) in [5.74, 6) is 0.794. The van der Waals surface area contributed by atoms with E-state index in [0.717, 1.165) is 16.7 Å². The number of aromatic nitrogens is 3. The van der Waals surface area contributed by atoms with E-state index >= 15 is 0 Å². The molecule has 2 aromatic rings. The Bertz CT molecular complexity index is 1050. The molecule has 4 atom stereocenters. The second kappa shape index (κ2) is 12.1. The maximum atomic E-state index is 12.9. The van der Waals surface area contributed by atoms with Crippen molar-refractivity contribution in [2.75, 3.05) is 25.8 Å². The Kier molecular flexibility index (Phi) is 9.43. The molecule has 2 aromatic heterocycles. The van der Waals surface area contributed by atoms with E-state index in [1.165, 1.54) is 0 Å². The highest BCUT2D eigenvalue weighted by molar-refractivity contribution is 9.10. The Balaban J connectivity index is 1.70. The van der Waals surface area contributed by atoms with Gasteiger partial charge in [-0.3, -0.25) is 14.6 Å². The quantitative estimate of drug-likeness (QED) is 0.345. The van der Waals surface area contributed by atoms with Gasteiger partial charge >= 0.3 is 0 Å². The summed E-state index contributed by atoms with van der Waals surface area (Å²) in [5.41, 5.74) is 1.34. The lowest BCUT2D eigenvalue weighted by molar-refractivity contribution is -0.122. The van der Waals surface area contributed by atoms with Crippen LogP contribution < -0.4 is 16.2 Å². The minimum absolute atomic E-state index is 0.0990. The molecule has 9 nitrogen and oxygen atoms in total. The first-order chi connectivity index (χ1) is 16.6. The molecule has 0 saturated heterocycles. The first kappa shape index (κ1) is 27.3. The van der Waals surface area contributed by atoms with Gasteiger partial charge in [0.2, 0.25) is 5.91 Å². The van der Waals surface area contributed by atoms with Gasteiger partial charge in [-0.25, -0.2) is 4.68 Å². The maximum absolute atomic E-state index is 12.9. The second-order valence-electron chi connectivity index (χ2n) is 9.91. The number of nitrogens with zero attached hydrogens (tertiary/aromatic N) is 3. The lowest BCUT2D eigenvalue weighted by atomic mass is 9.58.